The average Bonchev–Trinajstić information content (AvgIpc) is 2.47. The van der Waals surface area contributed by atoms with Crippen LogP contribution in [-0.4, -0.2) is 63.9 Å². The van der Waals surface area contributed by atoms with Gasteiger partial charge >= 0.3 is 0 Å². The first kappa shape index (κ1) is 16.3. The summed E-state index contributed by atoms with van der Waals surface area (Å²) in [5.41, 5.74) is 0. The molecule has 8 heteroatoms. The number of benzene rings is 1. The second-order valence-corrected chi connectivity index (χ2v) is 6.58. The van der Waals surface area contributed by atoms with E-state index in [2.05, 4.69) is 4.72 Å². The highest BCUT2D eigenvalue weighted by molar-refractivity contribution is 7.89. The van der Waals surface area contributed by atoms with Crippen LogP contribution in [0.2, 0.25) is 0 Å². The summed E-state index contributed by atoms with van der Waals surface area (Å²) in [6, 6.07) is 5.13. The minimum Gasteiger partial charge on any atom is -0.390 e. The fraction of sp³-hybridized carbons (Fsp3) is 0.538. The highest BCUT2D eigenvalue weighted by Crippen LogP contribution is 2.13. The summed E-state index contributed by atoms with van der Waals surface area (Å²) in [7, 11) is -3.96. The molecule has 21 heavy (non-hydrogen) atoms. The van der Waals surface area contributed by atoms with Gasteiger partial charge in [0, 0.05) is 26.2 Å². The van der Waals surface area contributed by atoms with Crippen molar-refractivity contribution >= 4 is 10.0 Å². The highest BCUT2D eigenvalue weighted by atomic mass is 32.2. The Labute approximate surface area is 123 Å². The van der Waals surface area contributed by atoms with Crippen LogP contribution < -0.4 is 4.72 Å². The van der Waals surface area contributed by atoms with Crippen LogP contribution in [0.1, 0.15) is 0 Å². The summed E-state index contributed by atoms with van der Waals surface area (Å²) in [5.74, 6) is -0.812. The molecule has 1 aromatic rings. The molecule has 1 aliphatic rings. The van der Waals surface area contributed by atoms with Gasteiger partial charge in [0.2, 0.25) is 10.0 Å². The number of hydrogen-bond donors (Lipinski definition) is 2. The Hall–Kier alpha value is -1.06. The Morgan fingerprint density at radius 1 is 1.33 bits per heavy atom. The van der Waals surface area contributed by atoms with E-state index < -0.39 is 26.8 Å². The summed E-state index contributed by atoms with van der Waals surface area (Å²) in [5, 5.41) is 9.88. The minimum atomic E-state index is -3.96. The van der Waals surface area contributed by atoms with E-state index in [0.717, 1.165) is 6.07 Å². The quantitative estimate of drug-likeness (QED) is 0.759. The summed E-state index contributed by atoms with van der Waals surface area (Å²) in [6.07, 6.45) is -0.857. The molecule has 1 atom stereocenters. The van der Waals surface area contributed by atoms with E-state index in [0.29, 0.717) is 32.8 Å². The molecule has 0 radical (unpaired) electrons. The van der Waals surface area contributed by atoms with Crippen LogP contribution in [0.5, 0.6) is 0 Å². The molecule has 0 aliphatic carbocycles. The van der Waals surface area contributed by atoms with Crippen LogP contribution in [-0.2, 0) is 14.8 Å². The number of rotatable bonds is 6. The average molecular weight is 318 g/mol. The summed E-state index contributed by atoms with van der Waals surface area (Å²) < 4.78 is 44.8. The first-order chi connectivity index (χ1) is 9.99. The third kappa shape index (κ3) is 4.72. The number of aliphatic hydroxyl groups is 1. The lowest BCUT2D eigenvalue weighted by Crippen LogP contribution is -2.44. The normalized spacial score (nSPS) is 18.6. The Morgan fingerprint density at radius 3 is 2.67 bits per heavy atom. The predicted molar refractivity (Wildman–Crippen MR) is 74.9 cm³/mol. The van der Waals surface area contributed by atoms with E-state index in [1.807, 2.05) is 4.90 Å². The number of sulfonamides is 1. The Balaban J connectivity index is 1.88. The van der Waals surface area contributed by atoms with Crippen LogP contribution in [0.4, 0.5) is 4.39 Å². The van der Waals surface area contributed by atoms with Crippen molar-refractivity contribution in [3.05, 3.63) is 30.1 Å². The van der Waals surface area contributed by atoms with Crippen molar-refractivity contribution in [1.29, 1.82) is 0 Å². The smallest absolute Gasteiger partial charge is 0.243 e. The molecule has 6 nitrogen and oxygen atoms in total. The Morgan fingerprint density at radius 2 is 2.00 bits per heavy atom. The van der Waals surface area contributed by atoms with Gasteiger partial charge in [-0.1, -0.05) is 12.1 Å². The molecule has 0 saturated carbocycles. The largest absolute Gasteiger partial charge is 0.390 e. The molecular weight excluding hydrogens is 299 g/mol. The number of halogens is 1. The summed E-state index contributed by atoms with van der Waals surface area (Å²) in [6.45, 7) is 2.81. The van der Waals surface area contributed by atoms with Crippen molar-refractivity contribution in [1.82, 2.24) is 9.62 Å². The van der Waals surface area contributed by atoms with Gasteiger partial charge in [-0.15, -0.1) is 0 Å². The lowest BCUT2D eigenvalue weighted by molar-refractivity contribution is 0.0158. The molecule has 0 amide bonds. The topological polar surface area (TPSA) is 78.9 Å². The molecule has 0 aromatic heterocycles. The number of β-amino-alcohol motifs (C(OH)–C–C–N with tert-alkyl or cyclic N) is 1. The first-order valence-electron chi connectivity index (χ1n) is 6.71. The molecule has 1 fully saturated rings. The molecule has 2 N–H and O–H groups in total. The fourth-order valence-corrected chi connectivity index (χ4v) is 3.24. The third-order valence-corrected chi connectivity index (χ3v) is 4.66. The monoisotopic (exact) mass is 318 g/mol. The standard InChI is InChI=1S/C13H19FN2O4S/c14-12-3-1-2-4-13(12)21(18,19)15-9-11(17)10-16-5-7-20-8-6-16/h1-4,11,15,17H,5-10H2. The molecule has 1 heterocycles. The summed E-state index contributed by atoms with van der Waals surface area (Å²) in [4.78, 5) is 1.58. The number of hydrogen-bond acceptors (Lipinski definition) is 5. The van der Waals surface area contributed by atoms with E-state index in [1.54, 1.807) is 0 Å². The number of nitrogens with one attached hydrogen (secondary N) is 1. The molecule has 1 saturated heterocycles. The van der Waals surface area contributed by atoms with E-state index in [1.165, 1.54) is 18.2 Å². The van der Waals surface area contributed by atoms with Gasteiger partial charge in [0.1, 0.15) is 10.7 Å². The van der Waals surface area contributed by atoms with Gasteiger partial charge < -0.3 is 9.84 Å². The van der Waals surface area contributed by atoms with Gasteiger partial charge in [0.05, 0.1) is 19.3 Å². The van der Waals surface area contributed by atoms with Gasteiger partial charge in [0.25, 0.3) is 0 Å². The van der Waals surface area contributed by atoms with Gasteiger partial charge in [0.15, 0.2) is 0 Å². The zero-order valence-electron chi connectivity index (χ0n) is 11.5. The van der Waals surface area contributed by atoms with E-state index in [9.17, 15) is 17.9 Å². The Bertz CT molecular complexity index is 561. The zero-order valence-corrected chi connectivity index (χ0v) is 12.4. The molecule has 0 spiro atoms. The van der Waals surface area contributed by atoms with Crippen molar-refractivity contribution in [2.45, 2.75) is 11.0 Å². The lowest BCUT2D eigenvalue weighted by Gasteiger charge is -2.28. The van der Waals surface area contributed by atoms with Crippen molar-refractivity contribution in [2.75, 3.05) is 39.4 Å². The van der Waals surface area contributed by atoms with Gasteiger partial charge in [-0.2, -0.15) is 0 Å². The molecule has 1 aliphatic heterocycles. The van der Waals surface area contributed by atoms with Crippen molar-refractivity contribution in [2.24, 2.45) is 0 Å². The van der Waals surface area contributed by atoms with E-state index in [4.69, 9.17) is 4.74 Å². The van der Waals surface area contributed by atoms with Crippen LogP contribution in [0.25, 0.3) is 0 Å². The predicted octanol–water partition coefficient (Wildman–Crippen LogP) is -0.203. The van der Waals surface area contributed by atoms with Gasteiger partial charge in [-0.3, -0.25) is 4.90 Å². The maximum absolute atomic E-state index is 13.5. The third-order valence-electron chi connectivity index (χ3n) is 3.21. The minimum absolute atomic E-state index is 0.159. The summed E-state index contributed by atoms with van der Waals surface area (Å²) >= 11 is 0. The molecule has 0 bridgehead atoms. The molecule has 118 valence electrons. The van der Waals surface area contributed by atoms with Crippen molar-refractivity contribution in [3.63, 3.8) is 0 Å². The molecular formula is C13H19FN2O4S. The lowest BCUT2D eigenvalue weighted by atomic mass is 10.3. The number of aliphatic hydroxyl groups excluding tert-OH is 1. The van der Waals surface area contributed by atoms with Crippen LogP contribution in [0.3, 0.4) is 0 Å². The van der Waals surface area contributed by atoms with Crippen LogP contribution in [0.15, 0.2) is 29.2 Å². The molecule has 1 aromatic carbocycles. The van der Waals surface area contributed by atoms with E-state index >= 15 is 0 Å². The fourth-order valence-electron chi connectivity index (χ4n) is 2.09. The van der Waals surface area contributed by atoms with Crippen molar-refractivity contribution in [3.8, 4) is 0 Å². The second kappa shape index (κ2) is 7.28. The number of morpholine rings is 1. The number of nitrogens with zero attached hydrogens (tertiary/aromatic N) is 1. The number of ether oxygens (including phenoxy) is 1. The molecule has 2 rings (SSSR count). The van der Waals surface area contributed by atoms with E-state index in [-0.39, 0.29) is 6.54 Å². The maximum atomic E-state index is 13.5. The first-order valence-corrected chi connectivity index (χ1v) is 8.20. The second-order valence-electron chi connectivity index (χ2n) is 4.85. The molecule has 1 unspecified atom stereocenters. The SMILES string of the molecule is O=S(=O)(NCC(O)CN1CCOCC1)c1ccccc1F. The highest BCUT2D eigenvalue weighted by Gasteiger charge is 2.21. The maximum Gasteiger partial charge on any atom is 0.243 e. The zero-order chi connectivity index (χ0) is 15.3. The van der Waals surface area contributed by atoms with Gasteiger partial charge in [-0.25, -0.2) is 17.5 Å². The van der Waals surface area contributed by atoms with Crippen LogP contribution in [0, 0.1) is 5.82 Å². The van der Waals surface area contributed by atoms with Crippen LogP contribution >= 0.6 is 0 Å². The Kier molecular flexibility index (Phi) is 5.65. The van der Waals surface area contributed by atoms with Crippen molar-refractivity contribution < 1.29 is 22.7 Å². The van der Waals surface area contributed by atoms with Gasteiger partial charge in [-0.05, 0) is 12.1 Å².